The van der Waals surface area contributed by atoms with Crippen molar-refractivity contribution in [3.63, 3.8) is 0 Å². The van der Waals surface area contributed by atoms with Crippen molar-refractivity contribution < 1.29 is 101 Å². The largest absolute Gasteiger partial charge is 0.497 e. The molecule has 0 radical (unpaired) electrons. The van der Waals surface area contributed by atoms with Crippen LogP contribution in [0.1, 0.15) is 163 Å². The molecule has 0 aromatic heterocycles. The molecule has 43 heteroatoms. The third-order valence-electron chi connectivity index (χ3n) is 19.7. The Morgan fingerprint density at radius 2 is 0.924 bits per heavy atom. The summed E-state index contributed by atoms with van der Waals surface area (Å²) in [5.41, 5.74) is 32.6. The number of nitrogens with two attached hydrogens (primary N) is 6. The van der Waals surface area contributed by atoms with Gasteiger partial charge in [0.1, 0.15) is 78.0 Å². The van der Waals surface area contributed by atoms with Crippen LogP contribution in [0.2, 0.25) is 0 Å². The van der Waals surface area contributed by atoms with E-state index in [1.54, 1.807) is 38.1 Å². The summed E-state index contributed by atoms with van der Waals surface area (Å²) in [7, 11) is 1.50. The number of hydrogen-bond donors (Lipinski definition) is 18. The van der Waals surface area contributed by atoms with Crippen LogP contribution in [-0.4, -0.2) is 263 Å². The van der Waals surface area contributed by atoms with Gasteiger partial charge in [0.05, 0.1) is 39.1 Å². The molecule has 0 aliphatic carbocycles. The summed E-state index contributed by atoms with van der Waals surface area (Å²) >= 11 is 2.49. The average Bonchev–Trinajstić information content (AvgIpc) is 1.79. The highest BCUT2D eigenvalue weighted by atomic mass is 32.2. The Morgan fingerprint density at radius 1 is 0.496 bits per heavy atom. The van der Waals surface area contributed by atoms with E-state index in [0.717, 1.165) is 0 Å². The zero-order valence-corrected chi connectivity index (χ0v) is 70.1. The summed E-state index contributed by atoms with van der Waals surface area (Å²) < 4.78 is 5.25. The number of Topliss-reactive ketones (excluding diaryl/α,β-unsaturated/α-hetero) is 1. The Balaban J connectivity index is 0.000000527. The van der Waals surface area contributed by atoms with Crippen molar-refractivity contribution in [2.45, 2.75) is 236 Å². The number of thioether (sulfide) groups is 2. The molecule has 24 N–H and O–H groups in total. The van der Waals surface area contributed by atoms with E-state index < -0.39 is 223 Å². The third-order valence-corrected chi connectivity index (χ3v) is 22.0. The Hall–Kier alpha value is -10.7. The quantitative estimate of drug-likeness (QED) is 0.0329. The minimum absolute atomic E-state index is 0.00934. The summed E-state index contributed by atoms with van der Waals surface area (Å²) in [6.45, 7) is 10.4. The summed E-state index contributed by atoms with van der Waals surface area (Å²) in [5.74, 6) is -13.8. The zero-order valence-electron chi connectivity index (χ0n) is 68.5. The van der Waals surface area contributed by atoms with Crippen LogP contribution in [0.4, 0.5) is 0 Å². The number of rotatable bonds is 31. The van der Waals surface area contributed by atoms with E-state index in [-0.39, 0.29) is 132 Å². The Kier molecular flexibility index (Phi) is 43.6. The molecule has 13 atom stereocenters. The van der Waals surface area contributed by atoms with Crippen molar-refractivity contribution in [3.8, 4) is 5.75 Å². The molecule has 4 aliphatic heterocycles. The predicted octanol–water partition coefficient (Wildman–Crippen LogP) is -5.84. The van der Waals surface area contributed by atoms with Gasteiger partial charge >= 0.3 is 0 Å². The minimum Gasteiger partial charge on any atom is -0.497 e. The van der Waals surface area contributed by atoms with Gasteiger partial charge in [-0.05, 0) is 111 Å². The van der Waals surface area contributed by atoms with Gasteiger partial charge < -0.3 is 113 Å². The molecule has 4 heterocycles. The molecule has 0 saturated carbocycles. The number of amides is 19. The Labute approximate surface area is 699 Å². The van der Waals surface area contributed by atoms with Crippen LogP contribution in [0.25, 0.3) is 0 Å². The maximum atomic E-state index is 14.5. The van der Waals surface area contributed by atoms with Gasteiger partial charge in [-0.2, -0.15) is 23.5 Å². The zero-order chi connectivity index (χ0) is 88.8. The van der Waals surface area contributed by atoms with Gasteiger partial charge in [-0.15, -0.1) is 0 Å². The number of ketones is 1. The predicted molar refractivity (Wildman–Crippen MR) is 435 cm³/mol. The van der Waals surface area contributed by atoms with E-state index in [1.165, 1.54) is 40.4 Å². The second-order valence-electron chi connectivity index (χ2n) is 30.5. The molecule has 662 valence electrons. The molecule has 119 heavy (non-hydrogen) atoms. The average molecular weight is 1710 g/mol. The smallest absolute Gasteiger partial charge is 0.246 e. The second-order valence-corrected chi connectivity index (χ2v) is 32.8. The second kappa shape index (κ2) is 51.6. The highest BCUT2D eigenvalue weighted by molar-refractivity contribution is 7.99. The van der Waals surface area contributed by atoms with Gasteiger partial charge in [-0.3, -0.25) is 95.9 Å². The van der Waals surface area contributed by atoms with Crippen LogP contribution in [0.15, 0.2) is 24.3 Å². The number of methoxy groups -OCH3 is 1. The monoisotopic (exact) mass is 1710 g/mol. The van der Waals surface area contributed by atoms with E-state index in [1.807, 2.05) is 27.7 Å². The molecule has 1 aromatic rings. The van der Waals surface area contributed by atoms with Gasteiger partial charge in [0, 0.05) is 69.7 Å². The molecule has 4 fully saturated rings. The number of ether oxygens (including phenoxy) is 1. The van der Waals surface area contributed by atoms with E-state index in [4.69, 9.17) is 39.1 Å². The SMILES string of the molecule is CC(C)C[C@H](NC(=O)[C@@H]1CCCN1C(=O)C1CSCCCC(=O)CCN[C@@H](CCC(N)=O)C(=O)N[C@@H](CC(N)=O)C(=O)N1)C(=O)NCC(N)=O.CC[C@H](C)[C@@H]1NC(=O)[C@H](Cc2ccc(OC)cc2)NC(=O)CCCSC[C@@H](C(=O)N2CCC[C@H]2C(=O)N[C@@H](CC(C)C)C(=O)NCC(N)=O)NC(=O)[C@H](CC(N)=O)NC(=O)[C@H](CCC(N)=O)NC1=O. The standard InChI is InChI=1S/C45H69N11O12S.C31H51N9O9S/c1-6-25(4)38-44(66)51-28(15-16-34(46)57)40(62)52-31(21-35(47)58)41(63)54-32(23-69-18-8-10-37(60)50-30(42(64)55-38)20-26-11-13-27(68-5)14-12-26)45(67)56-17-7-9-33(56)43(65)53-29(19-24(2)3)39(61)49-22-36(48)59;1-17(2)13-20(27(45)36-15-26(34)44)38-30(48)23-6-3-11-40(23)31(49)22-16-50-12-4-5-18(41)9-10-35-19(7-8-24(32)42)28(46)37-21(14-25(33)43)29(47)39-22/h11-14,24-25,28-33,38H,6-10,15-23H2,1-5H3,(H2,46,57)(H2,47,58)(H2,48,59)(H,49,61)(H,50,60)(H,51,66)(H,52,62)(H,53,65)(H,54,63)(H,55,64);17,19-23,35H,3-16H2,1-2H3,(H2,32,42)(H2,33,43)(H2,34,44)(H,36,45)(H,37,46)(H,38,48)(H,39,47)/t25-,28-,29-,30-,31-,32-,33-,38-;19-,20-,21-,22?,23-/m00/s1. The van der Waals surface area contributed by atoms with E-state index >= 15 is 0 Å². The number of nitrogens with one attached hydrogen (secondary N) is 12. The van der Waals surface area contributed by atoms with Crippen LogP contribution >= 0.6 is 23.5 Å². The molecule has 1 unspecified atom stereocenters. The fraction of sp³-hybridized carbons (Fsp3) is 0.658. The lowest BCUT2D eigenvalue weighted by molar-refractivity contribution is -0.142. The topological polar surface area (TPSA) is 658 Å². The molecule has 19 amide bonds. The summed E-state index contributed by atoms with van der Waals surface area (Å²) in [4.78, 5) is 263. The highest BCUT2D eigenvalue weighted by Gasteiger charge is 2.44. The van der Waals surface area contributed by atoms with Crippen molar-refractivity contribution in [2.75, 3.05) is 62.8 Å². The first-order valence-electron chi connectivity index (χ1n) is 39.8. The van der Waals surface area contributed by atoms with Crippen molar-refractivity contribution in [2.24, 2.45) is 52.2 Å². The molecule has 41 nitrogen and oxygen atoms in total. The van der Waals surface area contributed by atoms with Gasteiger partial charge in [0.2, 0.25) is 112 Å². The lowest BCUT2D eigenvalue weighted by Crippen LogP contribution is -2.61. The third kappa shape index (κ3) is 36.2. The van der Waals surface area contributed by atoms with Crippen LogP contribution in [0.5, 0.6) is 5.75 Å². The van der Waals surface area contributed by atoms with Crippen molar-refractivity contribution in [1.29, 1.82) is 0 Å². The number of carbonyl (C=O) groups excluding carboxylic acids is 20. The van der Waals surface area contributed by atoms with Crippen molar-refractivity contribution in [1.82, 2.24) is 73.6 Å². The summed E-state index contributed by atoms with van der Waals surface area (Å²) in [5, 5.41) is 31.3. The Bertz CT molecular complexity index is 3760. The van der Waals surface area contributed by atoms with Crippen molar-refractivity contribution >= 4 is 142 Å². The fourth-order valence-corrected chi connectivity index (χ4v) is 15.2. The van der Waals surface area contributed by atoms with Gasteiger partial charge in [-0.25, -0.2) is 0 Å². The first kappa shape index (κ1) is 101. The van der Waals surface area contributed by atoms with Gasteiger partial charge in [-0.1, -0.05) is 60.1 Å². The maximum Gasteiger partial charge on any atom is 0.246 e. The van der Waals surface area contributed by atoms with Crippen LogP contribution in [0.3, 0.4) is 0 Å². The molecular formula is C76H120N20O21S2. The van der Waals surface area contributed by atoms with Crippen LogP contribution < -0.4 is 103 Å². The fourth-order valence-electron chi connectivity index (χ4n) is 13.3. The molecular weight excluding hydrogens is 1590 g/mol. The number of benzene rings is 1. The van der Waals surface area contributed by atoms with E-state index in [2.05, 4.69) is 63.8 Å². The van der Waals surface area contributed by atoms with Gasteiger partial charge in [0.15, 0.2) is 0 Å². The van der Waals surface area contributed by atoms with Crippen LogP contribution in [-0.2, 0) is 102 Å². The molecule has 4 saturated heterocycles. The minimum atomic E-state index is -1.71. The number of primary amides is 6. The Morgan fingerprint density at radius 3 is 1.35 bits per heavy atom. The number of carbonyl (C=O) groups is 20. The lowest BCUT2D eigenvalue weighted by atomic mass is 9.96. The molecule has 0 spiro atoms. The molecule has 1 aromatic carbocycles. The molecule has 5 rings (SSSR count). The van der Waals surface area contributed by atoms with E-state index in [0.29, 0.717) is 42.7 Å². The normalized spacial score (nSPS) is 23.2. The van der Waals surface area contributed by atoms with E-state index in [9.17, 15) is 95.9 Å². The first-order chi connectivity index (χ1) is 56.2. The molecule has 0 bridgehead atoms. The highest BCUT2D eigenvalue weighted by Crippen LogP contribution is 2.25. The van der Waals surface area contributed by atoms with Crippen molar-refractivity contribution in [3.05, 3.63) is 29.8 Å². The van der Waals surface area contributed by atoms with Crippen LogP contribution in [0, 0.1) is 17.8 Å². The number of hydrogen-bond acceptors (Lipinski definition) is 24. The maximum absolute atomic E-state index is 14.5. The number of likely N-dealkylation sites (tertiary alicyclic amines) is 2. The lowest BCUT2D eigenvalue weighted by Gasteiger charge is -2.31. The summed E-state index contributed by atoms with van der Waals surface area (Å²) in [6.07, 6.45) is 0.854. The molecule has 4 aliphatic rings. The number of nitrogens with zero attached hydrogens (tertiary/aromatic N) is 2. The first-order valence-corrected chi connectivity index (χ1v) is 42.1. The summed E-state index contributed by atoms with van der Waals surface area (Å²) in [6, 6.07) is -8.09. The van der Waals surface area contributed by atoms with Gasteiger partial charge in [0.25, 0.3) is 0 Å².